The van der Waals surface area contributed by atoms with E-state index in [0.29, 0.717) is 24.0 Å². The molecule has 0 aliphatic carbocycles. The minimum Gasteiger partial charge on any atom is -0.481 e. The van der Waals surface area contributed by atoms with E-state index in [2.05, 4.69) is 0 Å². The zero-order chi connectivity index (χ0) is 18.0. The number of esters is 1. The normalized spacial score (nSPS) is 13.6. The molecule has 0 saturated heterocycles. The van der Waals surface area contributed by atoms with Gasteiger partial charge in [0.05, 0.1) is 11.1 Å². The first-order valence-corrected chi connectivity index (χ1v) is 7.66. The van der Waals surface area contributed by atoms with Gasteiger partial charge in [-0.2, -0.15) is 0 Å². The smallest absolute Gasteiger partial charge is 0.339 e. The number of hydrogen-bond acceptors (Lipinski definition) is 4. The quantitative estimate of drug-likeness (QED) is 0.613. The van der Waals surface area contributed by atoms with Crippen LogP contribution in [-0.2, 0) is 22.6 Å². The lowest BCUT2D eigenvalue weighted by Gasteiger charge is -2.15. The highest BCUT2D eigenvalue weighted by Gasteiger charge is 2.32. The summed E-state index contributed by atoms with van der Waals surface area (Å²) in [5, 5.41) is 18.3. The van der Waals surface area contributed by atoms with E-state index in [-0.39, 0.29) is 24.2 Å². The van der Waals surface area contributed by atoms with Crippen molar-refractivity contribution in [2.45, 2.75) is 46.6 Å². The van der Waals surface area contributed by atoms with Gasteiger partial charge >= 0.3 is 17.9 Å². The molecule has 0 saturated carbocycles. The maximum Gasteiger partial charge on any atom is 0.339 e. The molecule has 0 amide bonds. The second-order valence-electron chi connectivity index (χ2n) is 5.99. The predicted molar refractivity (Wildman–Crippen MR) is 86.3 cm³/mol. The Balaban J connectivity index is 2.46. The van der Waals surface area contributed by atoms with E-state index in [1.54, 1.807) is 0 Å². The number of fused-ring (bicyclic) bond motifs is 1. The second-order valence-corrected chi connectivity index (χ2v) is 5.99. The summed E-state index contributed by atoms with van der Waals surface area (Å²) in [6.07, 6.45) is 2.59. The van der Waals surface area contributed by atoms with Crippen LogP contribution in [0.1, 0.15) is 62.7 Å². The van der Waals surface area contributed by atoms with Gasteiger partial charge in [-0.3, -0.25) is 4.79 Å². The number of carboxylic acids is 2. The fourth-order valence-electron chi connectivity index (χ4n) is 2.92. The second kappa shape index (κ2) is 6.86. The van der Waals surface area contributed by atoms with Crippen molar-refractivity contribution in [3.05, 3.63) is 45.0 Å². The molecule has 1 aromatic carbocycles. The fraction of sp³-hybridized carbons (Fsp3) is 0.389. The molecule has 1 aromatic rings. The molecule has 6 heteroatoms. The maximum absolute atomic E-state index is 12.0. The monoisotopic (exact) mass is 332 g/mol. The van der Waals surface area contributed by atoms with Crippen LogP contribution < -0.4 is 0 Å². The molecule has 0 aromatic heterocycles. The molecule has 0 spiro atoms. The Morgan fingerprint density at radius 2 is 1.83 bits per heavy atom. The minimum atomic E-state index is -1.15. The van der Waals surface area contributed by atoms with Crippen molar-refractivity contribution in [2.24, 2.45) is 0 Å². The third kappa shape index (κ3) is 3.32. The van der Waals surface area contributed by atoms with Gasteiger partial charge in [0, 0.05) is 12.0 Å². The van der Waals surface area contributed by atoms with Gasteiger partial charge in [0.2, 0.25) is 0 Å². The number of aliphatic carboxylic acids is 1. The van der Waals surface area contributed by atoms with Crippen LogP contribution in [0.4, 0.5) is 0 Å². The van der Waals surface area contributed by atoms with Gasteiger partial charge in [0.15, 0.2) is 0 Å². The highest BCUT2D eigenvalue weighted by molar-refractivity contribution is 6.06. The minimum absolute atomic E-state index is 0.00196. The highest BCUT2D eigenvalue weighted by Crippen LogP contribution is 2.33. The van der Waals surface area contributed by atoms with Crippen LogP contribution in [0.25, 0.3) is 0 Å². The largest absolute Gasteiger partial charge is 0.481 e. The lowest BCUT2D eigenvalue weighted by molar-refractivity contribution is -0.136. The topological polar surface area (TPSA) is 101 Å². The number of carboxylic acid groups (broad SMARTS) is 2. The standard InChI is InChI=1S/C18H20O6/c1-9(5-7-14(19)20)4-6-12-10(2)11(3)13-8-24-18(23)16(13)15(12)17(21)22/h4H,5-8H2,1-3H3,(H,19,20)(H,21,22). The van der Waals surface area contributed by atoms with Crippen LogP contribution in [0.15, 0.2) is 11.6 Å². The average molecular weight is 332 g/mol. The van der Waals surface area contributed by atoms with E-state index < -0.39 is 17.9 Å². The van der Waals surface area contributed by atoms with E-state index in [0.717, 1.165) is 16.7 Å². The highest BCUT2D eigenvalue weighted by atomic mass is 16.5. The Labute approximate surface area is 139 Å². The molecule has 2 rings (SSSR count). The molecule has 1 aliphatic heterocycles. The van der Waals surface area contributed by atoms with E-state index in [9.17, 15) is 19.5 Å². The Bertz CT molecular complexity index is 758. The summed E-state index contributed by atoms with van der Waals surface area (Å²) in [6, 6.07) is 0. The summed E-state index contributed by atoms with van der Waals surface area (Å²) in [7, 11) is 0. The van der Waals surface area contributed by atoms with Crippen LogP contribution >= 0.6 is 0 Å². The third-order valence-corrected chi connectivity index (χ3v) is 4.47. The van der Waals surface area contributed by atoms with Gasteiger partial charge in [-0.15, -0.1) is 0 Å². The third-order valence-electron chi connectivity index (χ3n) is 4.47. The van der Waals surface area contributed by atoms with Crippen molar-refractivity contribution < 1.29 is 29.3 Å². The first-order valence-electron chi connectivity index (χ1n) is 7.66. The molecular formula is C18H20O6. The molecule has 2 N–H and O–H groups in total. The molecule has 24 heavy (non-hydrogen) atoms. The molecule has 0 bridgehead atoms. The molecule has 0 unspecified atom stereocenters. The van der Waals surface area contributed by atoms with E-state index >= 15 is 0 Å². The van der Waals surface area contributed by atoms with E-state index in [4.69, 9.17) is 9.84 Å². The van der Waals surface area contributed by atoms with Crippen LogP contribution in [0.3, 0.4) is 0 Å². The van der Waals surface area contributed by atoms with E-state index in [1.165, 1.54) is 0 Å². The number of rotatable bonds is 6. The van der Waals surface area contributed by atoms with Crippen LogP contribution in [0.5, 0.6) is 0 Å². The average Bonchev–Trinajstić information content (AvgIpc) is 2.88. The first kappa shape index (κ1) is 17.7. The Morgan fingerprint density at radius 3 is 2.42 bits per heavy atom. The first-order chi connectivity index (χ1) is 11.2. The van der Waals surface area contributed by atoms with Crippen molar-refractivity contribution in [3.8, 4) is 0 Å². The number of cyclic esters (lactones) is 1. The number of allylic oxidation sites excluding steroid dienone is 2. The number of carbonyl (C=O) groups excluding carboxylic acids is 1. The molecule has 128 valence electrons. The van der Waals surface area contributed by atoms with Crippen LogP contribution in [0, 0.1) is 13.8 Å². The van der Waals surface area contributed by atoms with Crippen molar-refractivity contribution in [1.29, 1.82) is 0 Å². The lowest BCUT2D eigenvalue weighted by atomic mass is 9.87. The summed E-state index contributed by atoms with van der Waals surface area (Å²) in [5.74, 6) is -2.63. The van der Waals surface area contributed by atoms with Gasteiger partial charge in [0.25, 0.3) is 0 Å². The molecule has 0 radical (unpaired) electrons. The van der Waals surface area contributed by atoms with Crippen molar-refractivity contribution in [1.82, 2.24) is 0 Å². The molecule has 6 nitrogen and oxygen atoms in total. The molecule has 0 fully saturated rings. The van der Waals surface area contributed by atoms with Crippen molar-refractivity contribution in [2.75, 3.05) is 0 Å². The number of aromatic carboxylic acids is 1. The summed E-state index contributed by atoms with van der Waals surface area (Å²) in [4.78, 5) is 34.3. The lowest BCUT2D eigenvalue weighted by Crippen LogP contribution is -2.13. The van der Waals surface area contributed by atoms with Crippen molar-refractivity contribution in [3.63, 3.8) is 0 Å². The fourth-order valence-corrected chi connectivity index (χ4v) is 2.92. The zero-order valence-corrected chi connectivity index (χ0v) is 13.9. The van der Waals surface area contributed by atoms with E-state index in [1.807, 2.05) is 26.8 Å². The Morgan fingerprint density at radius 1 is 1.17 bits per heavy atom. The summed E-state index contributed by atoms with van der Waals surface area (Å²) >= 11 is 0. The molecule has 1 aliphatic rings. The summed E-state index contributed by atoms with van der Waals surface area (Å²) in [5.41, 5.74) is 3.93. The molecule has 1 heterocycles. The number of hydrogen-bond donors (Lipinski definition) is 2. The number of ether oxygens (including phenoxy) is 1. The molecular weight excluding hydrogens is 312 g/mol. The van der Waals surface area contributed by atoms with Gasteiger partial charge < -0.3 is 14.9 Å². The van der Waals surface area contributed by atoms with Crippen LogP contribution in [0.2, 0.25) is 0 Å². The van der Waals surface area contributed by atoms with Crippen LogP contribution in [-0.4, -0.2) is 28.1 Å². The number of carbonyl (C=O) groups is 3. The van der Waals surface area contributed by atoms with Gasteiger partial charge in [-0.1, -0.05) is 11.6 Å². The Hall–Kier alpha value is -2.63. The SMILES string of the molecule is CC(=CCc1c(C)c(C)c2c(c1C(=O)O)C(=O)OC2)CCC(=O)O. The summed E-state index contributed by atoms with van der Waals surface area (Å²) in [6.45, 7) is 5.61. The zero-order valence-electron chi connectivity index (χ0n) is 13.9. The van der Waals surface area contributed by atoms with Gasteiger partial charge in [-0.25, -0.2) is 9.59 Å². The maximum atomic E-state index is 12.0. The van der Waals surface area contributed by atoms with Crippen molar-refractivity contribution >= 4 is 17.9 Å². The van der Waals surface area contributed by atoms with Gasteiger partial charge in [0.1, 0.15) is 6.61 Å². The Kier molecular flexibility index (Phi) is 5.07. The number of benzene rings is 1. The predicted octanol–water partition coefficient (Wildman–Crippen LogP) is 3.03. The summed E-state index contributed by atoms with van der Waals surface area (Å²) < 4.78 is 5.01. The molecule has 0 atom stereocenters. The van der Waals surface area contributed by atoms with Gasteiger partial charge in [-0.05, 0) is 50.3 Å².